The van der Waals surface area contributed by atoms with Crippen LogP contribution in [0.25, 0.3) is 0 Å². The van der Waals surface area contributed by atoms with Crippen molar-refractivity contribution < 1.29 is 9.53 Å². The lowest BCUT2D eigenvalue weighted by Gasteiger charge is -2.22. The summed E-state index contributed by atoms with van der Waals surface area (Å²) < 4.78 is 5.56. The number of thioether (sulfide) groups is 1. The first-order chi connectivity index (χ1) is 8.84. The van der Waals surface area contributed by atoms with E-state index in [0.29, 0.717) is 12.3 Å². The van der Waals surface area contributed by atoms with Crippen molar-refractivity contribution in [3.63, 3.8) is 0 Å². The number of nitrogens with one attached hydrogen (secondary N) is 1. The predicted octanol–water partition coefficient (Wildman–Crippen LogP) is 1.86. The molecule has 1 N–H and O–H groups in total. The fourth-order valence-electron chi connectivity index (χ4n) is 1.83. The lowest BCUT2D eigenvalue weighted by atomic mass is 10.1. The Bertz CT molecular complexity index is 367. The molecule has 0 radical (unpaired) electrons. The predicted molar refractivity (Wildman–Crippen MR) is 71.6 cm³/mol. The molecule has 5 heteroatoms. The summed E-state index contributed by atoms with van der Waals surface area (Å²) in [6.07, 6.45) is 7.06. The van der Waals surface area contributed by atoms with Gasteiger partial charge in [-0.15, -0.1) is 11.8 Å². The highest BCUT2D eigenvalue weighted by Crippen LogP contribution is 2.15. The fourth-order valence-corrected chi connectivity index (χ4v) is 2.54. The van der Waals surface area contributed by atoms with E-state index in [-0.39, 0.29) is 12.0 Å². The fraction of sp³-hybridized carbons (Fsp3) is 0.538. The van der Waals surface area contributed by atoms with Crippen LogP contribution in [-0.2, 0) is 9.53 Å². The minimum absolute atomic E-state index is 0.0611. The van der Waals surface area contributed by atoms with Gasteiger partial charge in [0.1, 0.15) is 0 Å². The van der Waals surface area contributed by atoms with Gasteiger partial charge in [0.2, 0.25) is 5.91 Å². The van der Waals surface area contributed by atoms with Gasteiger partial charge in [-0.2, -0.15) is 0 Å². The zero-order valence-corrected chi connectivity index (χ0v) is 11.1. The van der Waals surface area contributed by atoms with Crippen molar-refractivity contribution in [1.82, 2.24) is 10.3 Å². The maximum atomic E-state index is 11.7. The van der Waals surface area contributed by atoms with Crippen molar-refractivity contribution in [3.8, 4) is 0 Å². The number of nitrogens with zero attached hydrogens (tertiary/aromatic N) is 1. The number of carbonyl (C=O) groups is 1. The molecule has 1 saturated heterocycles. The smallest absolute Gasteiger partial charge is 0.230 e. The second-order valence-corrected chi connectivity index (χ2v) is 5.31. The lowest BCUT2D eigenvalue weighted by molar-refractivity contribution is -0.119. The maximum Gasteiger partial charge on any atom is 0.230 e. The topological polar surface area (TPSA) is 51.2 Å². The Balaban J connectivity index is 1.63. The van der Waals surface area contributed by atoms with E-state index < -0.39 is 0 Å². The van der Waals surface area contributed by atoms with Crippen molar-refractivity contribution >= 4 is 17.7 Å². The first kappa shape index (κ1) is 13.4. The Hall–Kier alpha value is -1.07. The minimum atomic E-state index is 0.0611. The molecular weight excluding hydrogens is 248 g/mol. The zero-order chi connectivity index (χ0) is 12.6. The van der Waals surface area contributed by atoms with Crippen LogP contribution in [0.3, 0.4) is 0 Å². The molecule has 1 atom stereocenters. The summed E-state index contributed by atoms with van der Waals surface area (Å²) >= 11 is 1.52. The standard InChI is InChI=1S/C13H18N2O2S/c16-13(10-18-12-4-6-14-7-5-12)15-9-11-3-1-2-8-17-11/h4-7,11H,1-3,8-10H2,(H,15,16)/t11-/m1/s1. The van der Waals surface area contributed by atoms with Crippen molar-refractivity contribution in [1.29, 1.82) is 0 Å². The largest absolute Gasteiger partial charge is 0.376 e. The van der Waals surface area contributed by atoms with Crippen LogP contribution in [0.4, 0.5) is 0 Å². The summed E-state index contributed by atoms with van der Waals surface area (Å²) in [5, 5.41) is 2.92. The van der Waals surface area contributed by atoms with Gasteiger partial charge in [-0.25, -0.2) is 0 Å². The number of pyridine rings is 1. The van der Waals surface area contributed by atoms with Crippen LogP contribution < -0.4 is 5.32 Å². The molecule has 2 heterocycles. The average Bonchev–Trinajstić information content (AvgIpc) is 2.45. The minimum Gasteiger partial charge on any atom is -0.376 e. The van der Waals surface area contributed by atoms with Gasteiger partial charge in [0.05, 0.1) is 11.9 Å². The van der Waals surface area contributed by atoms with Crippen molar-refractivity contribution in [2.24, 2.45) is 0 Å². The van der Waals surface area contributed by atoms with E-state index in [4.69, 9.17) is 4.74 Å². The number of ether oxygens (including phenoxy) is 1. The summed E-state index contributed by atoms with van der Waals surface area (Å²) in [6, 6.07) is 3.81. The van der Waals surface area contributed by atoms with Crippen molar-refractivity contribution in [2.45, 2.75) is 30.3 Å². The molecule has 98 valence electrons. The summed E-state index contributed by atoms with van der Waals surface area (Å²) in [7, 11) is 0. The monoisotopic (exact) mass is 266 g/mol. The SMILES string of the molecule is O=C(CSc1ccncc1)NC[C@H]1CCCCO1. The molecule has 0 bridgehead atoms. The van der Waals surface area contributed by atoms with Crippen LogP contribution in [0.1, 0.15) is 19.3 Å². The second kappa shape index (κ2) is 7.38. The van der Waals surface area contributed by atoms with Gasteiger partial charge in [-0.1, -0.05) is 0 Å². The molecule has 4 nitrogen and oxygen atoms in total. The van der Waals surface area contributed by atoms with Crippen LogP contribution in [-0.4, -0.2) is 35.9 Å². The zero-order valence-electron chi connectivity index (χ0n) is 10.3. The number of hydrogen-bond acceptors (Lipinski definition) is 4. The molecule has 1 aliphatic rings. The number of carbonyl (C=O) groups excluding carboxylic acids is 1. The van der Waals surface area contributed by atoms with E-state index in [2.05, 4.69) is 10.3 Å². The van der Waals surface area contributed by atoms with Gasteiger partial charge >= 0.3 is 0 Å². The van der Waals surface area contributed by atoms with Crippen LogP contribution in [0.15, 0.2) is 29.4 Å². The summed E-state index contributed by atoms with van der Waals surface area (Å²) in [5.41, 5.74) is 0. The molecule has 0 unspecified atom stereocenters. The molecule has 0 saturated carbocycles. The van der Waals surface area contributed by atoms with Crippen molar-refractivity contribution in [3.05, 3.63) is 24.5 Å². The van der Waals surface area contributed by atoms with Gasteiger partial charge in [0.25, 0.3) is 0 Å². The first-order valence-electron chi connectivity index (χ1n) is 6.26. The van der Waals surface area contributed by atoms with E-state index >= 15 is 0 Å². The van der Waals surface area contributed by atoms with Crippen LogP contribution >= 0.6 is 11.8 Å². The van der Waals surface area contributed by atoms with Gasteiger partial charge in [0, 0.05) is 30.4 Å². The Labute approximate surface area is 112 Å². The molecule has 0 spiro atoms. The van der Waals surface area contributed by atoms with E-state index in [1.807, 2.05) is 12.1 Å². The first-order valence-corrected chi connectivity index (χ1v) is 7.24. The van der Waals surface area contributed by atoms with Crippen LogP contribution in [0, 0.1) is 0 Å². The number of hydrogen-bond donors (Lipinski definition) is 1. The highest BCUT2D eigenvalue weighted by molar-refractivity contribution is 8.00. The normalized spacial score (nSPS) is 19.4. The molecule has 1 aromatic heterocycles. The molecule has 18 heavy (non-hydrogen) atoms. The number of rotatable bonds is 5. The summed E-state index contributed by atoms with van der Waals surface area (Å²) in [6.45, 7) is 1.46. The Morgan fingerprint density at radius 1 is 1.44 bits per heavy atom. The summed E-state index contributed by atoms with van der Waals surface area (Å²) in [4.78, 5) is 16.7. The van der Waals surface area contributed by atoms with Gasteiger partial charge in [-0.05, 0) is 31.4 Å². The average molecular weight is 266 g/mol. The number of aromatic nitrogens is 1. The quantitative estimate of drug-likeness (QED) is 0.827. The van der Waals surface area contributed by atoms with E-state index in [1.165, 1.54) is 18.2 Å². The molecular formula is C13H18N2O2S. The van der Waals surface area contributed by atoms with Gasteiger partial charge in [-0.3, -0.25) is 9.78 Å². The Morgan fingerprint density at radius 2 is 2.28 bits per heavy atom. The molecule has 1 aliphatic heterocycles. The second-order valence-electron chi connectivity index (χ2n) is 4.26. The molecule has 1 amide bonds. The van der Waals surface area contributed by atoms with E-state index in [0.717, 1.165) is 24.3 Å². The highest BCUT2D eigenvalue weighted by atomic mass is 32.2. The molecule has 1 aromatic rings. The van der Waals surface area contributed by atoms with E-state index in [1.54, 1.807) is 12.4 Å². The number of amides is 1. The van der Waals surface area contributed by atoms with Crippen LogP contribution in [0.2, 0.25) is 0 Å². The third-order valence-corrected chi connectivity index (χ3v) is 3.83. The third kappa shape index (κ3) is 4.66. The third-order valence-electron chi connectivity index (χ3n) is 2.82. The Morgan fingerprint density at radius 3 is 3.00 bits per heavy atom. The summed E-state index contributed by atoms with van der Waals surface area (Å²) in [5.74, 6) is 0.502. The highest BCUT2D eigenvalue weighted by Gasteiger charge is 2.14. The van der Waals surface area contributed by atoms with Crippen molar-refractivity contribution in [2.75, 3.05) is 18.9 Å². The molecule has 1 fully saturated rings. The molecule has 0 aliphatic carbocycles. The van der Waals surface area contributed by atoms with E-state index in [9.17, 15) is 4.79 Å². The molecule has 0 aromatic carbocycles. The lowest BCUT2D eigenvalue weighted by Crippen LogP contribution is -2.36. The molecule has 2 rings (SSSR count). The van der Waals surface area contributed by atoms with Gasteiger partial charge in [0.15, 0.2) is 0 Å². The Kier molecular flexibility index (Phi) is 5.48. The van der Waals surface area contributed by atoms with Gasteiger partial charge < -0.3 is 10.1 Å². The maximum absolute atomic E-state index is 11.7. The van der Waals surface area contributed by atoms with Crippen LogP contribution in [0.5, 0.6) is 0 Å².